The second kappa shape index (κ2) is 7.12. The fourth-order valence-corrected chi connectivity index (χ4v) is 6.66. The number of benzene rings is 1. The Bertz CT molecular complexity index is 925. The van der Waals surface area contributed by atoms with Gasteiger partial charge in [-0.25, -0.2) is 0 Å². The van der Waals surface area contributed by atoms with E-state index >= 15 is 0 Å². The van der Waals surface area contributed by atoms with Crippen molar-refractivity contribution < 1.29 is 23.8 Å². The maximum atomic E-state index is 13.0. The summed E-state index contributed by atoms with van der Waals surface area (Å²) in [5.41, 5.74) is 3.29. The molecular weight excluding hydrogens is 382 g/mol. The molecule has 30 heavy (non-hydrogen) atoms. The van der Waals surface area contributed by atoms with Gasteiger partial charge in [0.1, 0.15) is 0 Å². The first-order chi connectivity index (χ1) is 14.5. The van der Waals surface area contributed by atoms with Crippen molar-refractivity contribution in [3.63, 3.8) is 0 Å². The fraction of sp³-hybridized carbons (Fsp3) is 0.583. The molecule has 1 aromatic rings. The molecule has 2 fully saturated rings. The lowest BCUT2D eigenvalue weighted by atomic mass is 9.51. The molecule has 0 aromatic heterocycles. The van der Waals surface area contributed by atoms with Crippen LogP contribution < -0.4 is 9.47 Å². The Balaban J connectivity index is 1.68. The van der Waals surface area contributed by atoms with Crippen LogP contribution in [0.4, 0.5) is 0 Å². The molecule has 1 saturated heterocycles. The van der Waals surface area contributed by atoms with Crippen molar-refractivity contribution in [2.75, 3.05) is 27.3 Å². The van der Waals surface area contributed by atoms with Gasteiger partial charge < -0.3 is 14.2 Å². The van der Waals surface area contributed by atoms with Gasteiger partial charge in [-0.3, -0.25) is 14.5 Å². The number of ether oxygens (including phenoxy) is 3. The Kier molecular flexibility index (Phi) is 4.65. The predicted octanol–water partition coefficient (Wildman–Crippen LogP) is 2.60. The third kappa shape index (κ3) is 2.52. The smallest absolute Gasteiger partial charge is 0.305 e. The highest BCUT2D eigenvalue weighted by molar-refractivity contribution is 5.89. The van der Waals surface area contributed by atoms with Gasteiger partial charge in [0.05, 0.1) is 14.2 Å². The van der Waals surface area contributed by atoms with Crippen LogP contribution >= 0.6 is 0 Å². The number of rotatable bonds is 6. The van der Waals surface area contributed by atoms with E-state index in [2.05, 4.69) is 11.5 Å². The summed E-state index contributed by atoms with van der Waals surface area (Å²) in [7, 11) is 3.06. The zero-order valence-corrected chi connectivity index (χ0v) is 17.7. The molecule has 1 aromatic carbocycles. The first-order valence-electron chi connectivity index (χ1n) is 10.9. The Hall–Kier alpha value is -2.34. The topological polar surface area (TPSA) is 65.1 Å². The van der Waals surface area contributed by atoms with E-state index in [-0.39, 0.29) is 17.2 Å². The number of carbonyl (C=O) groups excluding carboxylic acids is 2. The number of ketones is 1. The average molecular weight is 411 g/mol. The summed E-state index contributed by atoms with van der Waals surface area (Å²) in [5.74, 6) is 1.82. The number of piperidine rings is 1. The summed E-state index contributed by atoms with van der Waals surface area (Å²) < 4.78 is 17.0. The number of Topliss-reactive ketones (excluding diaryl/α,β-unsaturated/α-hetero) is 1. The molecule has 2 heterocycles. The summed E-state index contributed by atoms with van der Waals surface area (Å²) >= 11 is 0. The molecule has 5 rings (SSSR count). The summed E-state index contributed by atoms with van der Waals surface area (Å²) in [6.07, 6.45) is 5.78. The van der Waals surface area contributed by atoms with Gasteiger partial charge in [0.2, 0.25) is 0 Å². The number of aryl methyl sites for hydroxylation is 1. The summed E-state index contributed by atoms with van der Waals surface area (Å²) in [6, 6.07) is 2.36. The third-order valence-electron chi connectivity index (χ3n) is 7.84. The van der Waals surface area contributed by atoms with E-state index in [0.717, 1.165) is 43.7 Å². The summed E-state index contributed by atoms with van der Waals surface area (Å²) in [4.78, 5) is 27.4. The lowest BCUT2D eigenvalue weighted by Gasteiger charge is -2.57. The molecule has 4 aliphatic rings. The van der Waals surface area contributed by atoms with E-state index < -0.39 is 6.10 Å². The molecule has 160 valence electrons. The molecule has 2 aliphatic heterocycles. The molecular formula is C24H29NO5. The van der Waals surface area contributed by atoms with Crippen LogP contribution in [-0.4, -0.2) is 56.1 Å². The maximum absolute atomic E-state index is 13.0. The fourth-order valence-electron chi connectivity index (χ4n) is 6.66. The van der Waals surface area contributed by atoms with Crippen LogP contribution in [0.3, 0.4) is 0 Å². The molecule has 0 radical (unpaired) electrons. The first-order valence-corrected chi connectivity index (χ1v) is 10.9. The van der Waals surface area contributed by atoms with Crippen LogP contribution in [0, 0.1) is 5.92 Å². The second-order valence-electron chi connectivity index (χ2n) is 8.95. The van der Waals surface area contributed by atoms with Crippen molar-refractivity contribution in [2.24, 2.45) is 5.92 Å². The van der Waals surface area contributed by atoms with Gasteiger partial charge in [0.15, 0.2) is 23.4 Å². The number of methoxy groups -OCH3 is 2. The third-order valence-corrected chi connectivity index (χ3v) is 7.84. The molecule has 2 unspecified atom stereocenters. The molecule has 4 atom stereocenters. The van der Waals surface area contributed by atoms with E-state index in [1.807, 2.05) is 12.1 Å². The van der Waals surface area contributed by atoms with Crippen molar-refractivity contribution in [3.8, 4) is 11.5 Å². The van der Waals surface area contributed by atoms with Gasteiger partial charge >= 0.3 is 5.97 Å². The highest BCUT2D eigenvalue weighted by Gasteiger charge is 2.66. The monoisotopic (exact) mass is 411 g/mol. The Labute approximate surface area is 177 Å². The first kappa shape index (κ1) is 19.6. The number of carbonyl (C=O) groups is 2. The van der Waals surface area contributed by atoms with Gasteiger partial charge in [-0.1, -0.05) is 6.08 Å². The minimum absolute atomic E-state index is 0.212. The lowest BCUT2D eigenvalue weighted by Crippen LogP contribution is -2.66. The van der Waals surface area contributed by atoms with Crippen molar-refractivity contribution in [2.45, 2.75) is 56.1 Å². The van der Waals surface area contributed by atoms with E-state index in [9.17, 15) is 9.59 Å². The summed E-state index contributed by atoms with van der Waals surface area (Å²) in [5, 5.41) is 0. The van der Waals surface area contributed by atoms with Crippen molar-refractivity contribution in [1.82, 2.24) is 4.90 Å². The van der Waals surface area contributed by atoms with Gasteiger partial charge in [-0.15, -0.1) is 6.58 Å². The molecule has 0 N–H and O–H groups in total. The number of nitrogens with zero attached hydrogens (tertiary/aromatic N) is 1. The quantitative estimate of drug-likeness (QED) is 0.530. The Morgan fingerprint density at radius 1 is 1.43 bits per heavy atom. The van der Waals surface area contributed by atoms with Crippen LogP contribution in [-0.2, 0) is 32.6 Å². The molecule has 1 saturated carbocycles. The highest BCUT2D eigenvalue weighted by atomic mass is 16.5. The van der Waals surface area contributed by atoms with Gasteiger partial charge in [-0.2, -0.15) is 0 Å². The van der Waals surface area contributed by atoms with Crippen molar-refractivity contribution >= 4 is 11.8 Å². The van der Waals surface area contributed by atoms with E-state index in [0.29, 0.717) is 37.0 Å². The number of likely N-dealkylation sites (tertiary alicyclic amines) is 1. The lowest BCUT2D eigenvalue weighted by molar-refractivity contribution is -0.140. The molecule has 2 aliphatic carbocycles. The predicted molar refractivity (Wildman–Crippen MR) is 111 cm³/mol. The SMILES string of the molecule is C=CCN1CC[C@@]23c4c5c(CCC(=O)OC)cc(OC)c4O[C@@H]2C(=O)CCC3C1C5. The number of hydrogen-bond acceptors (Lipinski definition) is 6. The number of hydrogen-bond donors (Lipinski definition) is 0. The van der Waals surface area contributed by atoms with Gasteiger partial charge in [-0.05, 0) is 55.3 Å². The van der Waals surface area contributed by atoms with Crippen molar-refractivity contribution in [1.29, 1.82) is 0 Å². The molecule has 6 heteroatoms. The molecule has 2 bridgehead atoms. The zero-order chi connectivity index (χ0) is 21.0. The van der Waals surface area contributed by atoms with Crippen LogP contribution in [0.1, 0.15) is 42.4 Å². The zero-order valence-electron chi connectivity index (χ0n) is 17.7. The van der Waals surface area contributed by atoms with Crippen LogP contribution in [0.2, 0.25) is 0 Å². The van der Waals surface area contributed by atoms with Gasteiger partial charge in [0.25, 0.3) is 0 Å². The summed E-state index contributed by atoms with van der Waals surface area (Å²) in [6.45, 7) is 5.75. The van der Waals surface area contributed by atoms with E-state index in [4.69, 9.17) is 14.2 Å². The molecule has 1 spiro atoms. The van der Waals surface area contributed by atoms with E-state index in [1.165, 1.54) is 18.2 Å². The Morgan fingerprint density at radius 3 is 3.00 bits per heavy atom. The highest BCUT2D eigenvalue weighted by Crippen LogP contribution is 2.63. The second-order valence-corrected chi connectivity index (χ2v) is 8.95. The maximum Gasteiger partial charge on any atom is 0.305 e. The Morgan fingerprint density at radius 2 is 2.27 bits per heavy atom. The molecule has 0 amide bonds. The standard InChI is InChI=1S/C24H29NO5/c1-4-10-25-11-9-24-16-6-7-18(26)23(24)30-22-19(28-2)12-14(5-8-20(27)29-3)15(21(22)24)13-17(16)25/h4,12,16-17,23H,1,5-11,13H2,2-3H3/t16?,17?,23-,24-/m1/s1. The minimum atomic E-state index is -0.413. The van der Waals surface area contributed by atoms with Gasteiger partial charge in [0, 0.05) is 36.4 Å². The largest absolute Gasteiger partial charge is 0.493 e. The normalized spacial score (nSPS) is 31.0. The van der Waals surface area contributed by atoms with Crippen LogP contribution in [0.5, 0.6) is 11.5 Å². The number of esters is 1. The van der Waals surface area contributed by atoms with Crippen LogP contribution in [0.25, 0.3) is 0 Å². The van der Waals surface area contributed by atoms with E-state index in [1.54, 1.807) is 7.11 Å². The minimum Gasteiger partial charge on any atom is -0.493 e. The molecule has 6 nitrogen and oxygen atoms in total. The van der Waals surface area contributed by atoms with Crippen LogP contribution in [0.15, 0.2) is 18.7 Å². The van der Waals surface area contributed by atoms with Crippen molar-refractivity contribution in [3.05, 3.63) is 35.4 Å². The average Bonchev–Trinajstić information content (AvgIpc) is 3.10.